The third-order valence-corrected chi connectivity index (χ3v) is 8.26. The second-order valence-corrected chi connectivity index (χ2v) is 12.2. The van der Waals surface area contributed by atoms with Gasteiger partial charge in [0.1, 0.15) is 0 Å². The van der Waals surface area contributed by atoms with Gasteiger partial charge in [-0.25, -0.2) is 0 Å². The van der Waals surface area contributed by atoms with Crippen LogP contribution in [-0.4, -0.2) is 27.8 Å². The van der Waals surface area contributed by atoms with E-state index in [-0.39, 0.29) is 17.9 Å². The highest BCUT2D eigenvalue weighted by molar-refractivity contribution is 6.30. The van der Waals surface area contributed by atoms with Crippen molar-refractivity contribution in [2.45, 2.75) is 38.6 Å². The van der Waals surface area contributed by atoms with E-state index >= 15 is 0 Å². The zero-order valence-electron chi connectivity index (χ0n) is 26.7. The number of aromatic nitrogens is 2. The fraction of sp³-hybridized carbons (Fsp3) is 0.150. The molecule has 0 radical (unpaired) electrons. The van der Waals surface area contributed by atoms with Crippen LogP contribution < -0.4 is 10.2 Å². The van der Waals surface area contributed by atoms with Crippen molar-refractivity contribution in [1.82, 2.24) is 9.97 Å². The number of nitrogens with zero attached hydrogens (tertiary/aromatic N) is 3. The van der Waals surface area contributed by atoms with Gasteiger partial charge < -0.3 is 10.2 Å². The molecule has 1 aliphatic rings. The average molecular weight is 676 g/mol. The minimum atomic E-state index is -0.0758. The van der Waals surface area contributed by atoms with Crippen LogP contribution in [0.5, 0.6) is 0 Å². The fourth-order valence-corrected chi connectivity index (χ4v) is 5.95. The normalized spacial score (nSPS) is 13.4. The highest BCUT2D eigenvalue weighted by atomic mass is 35.5. The molecule has 1 N–H and O–H groups in total. The van der Waals surface area contributed by atoms with E-state index in [0.717, 1.165) is 56.1 Å². The Labute approximate surface area is 291 Å². The van der Waals surface area contributed by atoms with E-state index in [0.29, 0.717) is 12.8 Å². The number of nitrogens with one attached hydrogen (secondary N) is 1. The Morgan fingerprint density at radius 2 is 1.48 bits per heavy atom. The van der Waals surface area contributed by atoms with Gasteiger partial charge >= 0.3 is 0 Å². The first-order valence-corrected chi connectivity index (χ1v) is 16.4. The number of rotatable bonds is 7. The van der Waals surface area contributed by atoms with Crippen molar-refractivity contribution in [2.24, 2.45) is 0 Å². The molecule has 1 aliphatic heterocycles. The van der Waals surface area contributed by atoms with E-state index in [1.54, 1.807) is 18.5 Å². The maximum atomic E-state index is 12.2. The molecule has 1 fully saturated rings. The maximum Gasteiger partial charge on any atom is 0.229 e. The number of para-hydroxylation sites is 2. The molecule has 2 amide bonds. The molecule has 0 saturated carbocycles. The second kappa shape index (κ2) is 16.7. The van der Waals surface area contributed by atoms with Gasteiger partial charge in [-0.2, -0.15) is 0 Å². The lowest BCUT2D eigenvalue weighted by Crippen LogP contribution is -2.53. The van der Waals surface area contributed by atoms with E-state index < -0.39 is 0 Å². The van der Waals surface area contributed by atoms with Crippen LogP contribution in [0.25, 0.3) is 21.8 Å². The number of carbonyl (C=O) groups excluding carboxylic acids is 2. The van der Waals surface area contributed by atoms with Gasteiger partial charge in [-0.3, -0.25) is 19.6 Å². The van der Waals surface area contributed by atoms with E-state index in [9.17, 15) is 9.59 Å². The van der Waals surface area contributed by atoms with Crippen molar-refractivity contribution in [3.05, 3.63) is 155 Å². The number of hydrogen-bond donors (Lipinski definition) is 1. The first kappa shape index (κ1) is 34.3. The first-order valence-electron chi connectivity index (χ1n) is 15.7. The smallest absolute Gasteiger partial charge is 0.229 e. The largest absolute Gasteiger partial charge is 0.324 e. The van der Waals surface area contributed by atoms with Crippen LogP contribution in [0, 0.1) is 6.92 Å². The predicted molar refractivity (Wildman–Crippen MR) is 199 cm³/mol. The summed E-state index contributed by atoms with van der Waals surface area (Å²) >= 11 is 11.7. The third kappa shape index (κ3) is 9.06. The predicted octanol–water partition coefficient (Wildman–Crippen LogP) is 10.0. The summed E-state index contributed by atoms with van der Waals surface area (Å²) in [7, 11) is 0. The molecule has 4 aromatic carbocycles. The number of anilines is 2. The van der Waals surface area contributed by atoms with Crippen LogP contribution in [0.1, 0.15) is 30.4 Å². The Morgan fingerprint density at radius 3 is 2.12 bits per heavy atom. The van der Waals surface area contributed by atoms with Gasteiger partial charge in [-0.05, 0) is 79.4 Å². The SMILES string of the molecule is C=CCC(=O)Nc1cccc2cccnc12.Cc1cccc(Cl)c1.O=C1CC(CCc2cccc(Cl)c2)N1c1cccc2cccnc12. The van der Waals surface area contributed by atoms with Crippen LogP contribution in [0.3, 0.4) is 0 Å². The summed E-state index contributed by atoms with van der Waals surface area (Å²) in [4.78, 5) is 34.3. The van der Waals surface area contributed by atoms with Gasteiger partial charge in [0.2, 0.25) is 11.8 Å². The molecule has 8 heteroatoms. The molecule has 1 saturated heterocycles. The molecule has 0 aliphatic carbocycles. The van der Waals surface area contributed by atoms with Gasteiger partial charge in [0.25, 0.3) is 0 Å². The number of hydrogen-bond acceptors (Lipinski definition) is 4. The molecule has 7 rings (SSSR count). The topological polar surface area (TPSA) is 75.2 Å². The minimum Gasteiger partial charge on any atom is -0.324 e. The molecule has 242 valence electrons. The summed E-state index contributed by atoms with van der Waals surface area (Å²) in [5, 5.41) is 6.45. The van der Waals surface area contributed by atoms with Crippen LogP contribution in [0.2, 0.25) is 10.0 Å². The average Bonchev–Trinajstić information content (AvgIpc) is 3.07. The Hall–Kier alpha value is -5.04. The van der Waals surface area contributed by atoms with E-state index in [1.165, 1.54) is 11.1 Å². The summed E-state index contributed by atoms with van der Waals surface area (Å²) in [6.07, 6.45) is 7.81. The monoisotopic (exact) mass is 674 g/mol. The quantitative estimate of drug-likeness (QED) is 0.135. The summed E-state index contributed by atoms with van der Waals surface area (Å²) in [6.45, 7) is 5.55. The Morgan fingerprint density at radius 1 is 0.854 bits per heavy atom. The van der Waals surface area contributed by atoms with Crippen LogP contribution in [0.15, 0.2) is 134 Å². The maximum absolute atomic E-state index is 12.2. The van der Waals surface area contributed by atoms with E-state index in [2.05, 4.69) is 27.9 Å². The summed E-state index contributed by atoms with van der Waals surface area (Å²) in [5.74, 6) is 0.0948. The van der Waals surface area contributed by atoms with Crippen molar-refractivity contribution in [1.29, 1.82) is 0 Å². The van der Waals surface area contributed by atoms with E-state index in [4.69, 9.17) is 23.2 Å². The van der Waals surface area contributed by atoms with Gasteiger partial charge in [0, 0.05) is 52.1 Å². The van der Waals surface area contributed by atoms with Crippen molar-refractivity contribution in [3.8, 4) is 0 Å². The molecule has 3 heterocycles. The number of aryl methyl sites for hydroxylation is 2. The van der Waals surface area contributed by atoms with Gasteiger partial charge in [0.15, 0.2) is 0 Å². The van der Waals surface area contributed by atoms with Crippen LogP contribution in [-0.2, 0) is 16.0 Å². The van der Waals surface area contributed by atoms with Crippen molar-refractivity contribution in [2.75, 3.05) is 10.2 Å². The molecule has 0 bridgehead atoms. The number of carbonyl (C=O) groups is 2. The standard InChI is InChI=1S/C20H17ClN2O.C13H12N2O.C7H7Cl/c21-16-7-1-4-14(12-16)9-10-17-13-19(24)23(17)18-8-2-5-15-6-3-11-22-20(15)18;1-2-5-12(16)15-11-8-3-6-10-7-4-9-14-13(10)11;1-6-3-2-4-7(8)5-6/h1-8,11-12,17H,9-10,13H2;2-4,6-9H,1,5H2,(H,15,16);2-5H,1H3. The minimum absolute atomic E-state index is 0.0758. The first-order chi connectivity index (χ1) is 23.3. The highest BCUT2D eigenvalue weighted by Gasteiger charge is 2.37. The van der Waals surface area contributed by atoms with Crippen molar-refractivity contribution in [3.63, 3.8) is 0 Å². The molecule has 1 unspecified atom stereocenters. The molecular formula is C40H36Cl2N4O2. The zero-order chi connectivity index (χ0) is 33.9. The molecular weight excluding hydrogens is 639 g/mol. The lowest BCUT2D eigenvalue weighted by molar-refractivity contribution is -0.124. The summed E-state index contributed by atoms with van der Waals surface area (Å²) in [6, 6.07) is 35.4. The molecule has 48 heavy (non-hydrogen) atoms. The zero-order valence-corrected chi connectivity index (χ0v) is 28.2. The molecule has 1 atom stereocenters. The van der Waals surface area contributed by atoms with E-state index in [1.807, 2.05) is 115 Å². The number of fused-ring (bicyclic) bond motifs is 2. The Kier molecular flexibility index (Phi) is 11.9. The van der Waals surface area contributed by atoms with Crippen molar-refractivity contribution < 1.29 is 9.59 Å². The van der Waals surface area contributed by atoms with Gasteiger partial charge in [-0.1, -0.05) is 89.9 Å². The molecule has 0 spiro atoms. The number of benzene rings is 4. The number of halogens is 2. The molecule has 2 aromatic heterocycles. The lowest BCUT2D eigenvalue weighted by Gasteiger charge is -2.41. The lowest BCUT2D eigenvalue weighted by atomic mass is 9.93. The summed E-state index contributed by atoms with van der Waals surface area (Å²) in [5.41, 5.74) is 5.77. The number of β-lactam (4-membered cyclic amide) rings is 1. The molecule has 6 aromatic rings. The van der Waals surface area contributed by atoms with Crippen LogP contribution >= 0.6 is 23.2 Å². The summed E-state index contributed by atoms with van der Waals surface area (Å²) < 4.78 is 0. The Bertz CT molecular complexity index is 2020. The van der Waals surface area contributed by atoms with Crippen molar-refractivity contribution >= 4 is 68.2 Å². The highest BCUT2D eigenvalue weighted by Crippen LogP contribution is 2.34. The van der Waals surface area contributed by atoms with Gasteiger partial charge in [0.05, 0.1) is 22.4 Å². The third-order valence-electron chi connectivity index (χ3n) is 7.79. The Balaban J connectivity index is 0.000000161. The fourth-order valence-electron chi connectivity index (χ4n) is 5.50. The van der Waals surface area contributed by atoms with Gasteiger partial charge in [-0.15, -0.1) is 6.58 Å². The second-order valence-electron chi connectivity index (χ2n) is 11.4. The number of pyridine rings is 2. The van der Waals surface area contributed by atoms with Crippen LogP contribution in [0.4, 0.5) is 11.4 Å². The number of amides is 2. The molecule has 6 nitrogen and oxygen atoms in total.